The van der Waals surface area contributed by atoms with Gasteiger partial charge < -0.3 is 29.4 Å². The number of hydrogen-bond acceptors (Lipinski definition) is 8. The quantitative estimate of drug-likeness (QED) is 0.0764. The second-order valence-corrected chi connectivity index (χ2v) is 12.3. The number of ether oxygens (including phenoxy) is 2. The van der Waals surface area contributed by atoms with Crippen molar-refractivity contribution in [3.05, 3.63) is 108 Å². The van der Waals surface area contributed by atoms with Crippen molar-refractivity contribution >= 4 is 45.3 Å². The van der Waals surface area contributed by atoms with Crippen LogP contribution in [0, 0.1) is 11.8 Å². The van der Waals surface area contributed by atoms with Crippen LogP contribution in [0.2, 0.25) is 0 Å². The maximum atomic E-state index is 13.4. The van der Waals surface area contributed by atoms with Gasteiger partial charge in [-0.1, -0.05) is 0 Å². The first-order chi connectivity index (χ1) is 23.4. The first kappa shape index (κ1) is 29.4. The molecule has 2 aliphatic carbocycles. The van der Waals surface area contributed by atoms with Crippen LogP contribution in [-0.2, 0) is 35.3 Å². The van der Waals surface area contributed by atoms with Crippen LogP contribution in [0.25, 0.3) is 21.8 Å². The van der Waals surface area contributed by atoms with E-state index in [0.29, 0.717) is 34.7 Å². The van der Waals surface area contributed by atoms with Crippen molar-refractivity contribution in [1.82, 2.24) is 29.9 Å². The third-order valence-electron chi connectivity index (χ3n) is 9.35. The highest BCUT2D eigenvalue weighted by Crippen LogP contribution is 2.32. The molecule has 4 heterocycles. The van der Waals surface area contributed by atoms with Crippen LogP contribution < -0.4 is 9.47 Å². The molecule has 0 amide bonds. The van der Waals surface area contributed by atoms with E-state index in [2.05, 4.69) is 29.9 Å². The predicted molar refractivity (Wildman–Crippen MR) is 174 cm³/mol. The van der Waals surface area contributed by atoms with E-state index < -0.39 is 11.9 Å². The van der Waals surface area contributed by atoms with E-state index in [4.69, 9.17) is 9.47 Å². The molecule has 12 heteroatoms. The molecular weight excluding hydrogens is 612 g/mol. The molecule has 0 saturated heterocycles. The number of rotatable bonds is 8. The summed E-state index contributed by atoms with van der Waals surface area (Å²) in [5.74, 6) is -1.46. The number of ketones is 2. The van der Waals surface area contributed by atoms with Crippen molar-refractivity contribution in [2.45, 2.75) is 38.5 Å². The molecule has 0 saturated carbocycles. The summed E-state index contributed by atoms with van der Waals surface area (Å²) in [5.41, 5.74) is 6.54. The average Bonchev–Trinajstić information content (AvgIpc) is 3.92. The van der Waals surface area contributed by atoms with E-state index >= 15 is 0 Å². The number of benzene rings is 2. The zero-order valence-electron chi connectivity index (χ0n) is 25.7. The molecule has 4 N–H and O–H groups in total. The maximum Gasteiger partial charge on any atom is 0.336 e. The van der Waals surface area contributed by atoms with Crippen LogP contribution in [0.15, 0.2) is 73.6 Å². The Morgan fingerprint density at radius 3 is 1.56 bits per heavy atom. The number of aryl methyl sites for hydroxylation is 2. The Hall–Kier alpha value is -6.04. The predicted octanol–water partition coefficient (Wildman–Crippen LogP) is 5.14. The van der Waals surface area contributed by atoms with Crippen molar-refractivity contribution < 1.29 is 28.7 Å². The Kier molecular flexibility index (Phi) is 7.32. The number of nitrogens with zero attached hydrogens (tertiary/aromatic N) is 2. The van der Waals surface area contributed by atoms with Gasteiger partial charge in [0.05, 0.1) is 24.0 Å². The minimum absolute atomic E-state index is 0.0110. The molecule has 0 bridgehead atoms. The molecule has 2 unspecified atom stereocenters. The van der Waals surface area contributed by atoms with Crippen LogP contribution in [-0.4, -0.2) is 53.4 Å². The standard InChI is InChI=1S/C36H30N6O6/c43-33(47-21-3-7-27-23(13-21)25(15-37-27)35(45)19-1-5-29-31(11-19)41-17-39-29)9-10-34(44)48-22-4-8-28-24(14-22)26(16-38-28)36(46)20-2-6-30-32(12-20)42-18-40-30/h3-4,7-10,13-20,37-38H,1-2,5-6,11-12H2,(H,39,41)(H,40,42)/b10-9+. The molecule has 6 aromatic rings. The van der Waals surface area contributed by atoms with E-state index in [-0.39, 0.29) is 34.9 Å². The van der Waals surface area contributed by atoms with Crippen LogP contribution in [0.3, 0.4) is 0 Å². The highest BCUT2D eigenvalue weighted by Gasteiger charge is 2.30. The summed E-state index contributed by atoms with van der Waals surface area (Å²) in [6.07, 6.45) is 12.8. The smallest absolute Gasteiger partial charge is 0.336 e. The zero-order valence-corrected chi connectivity index (χ0v) is 25.7. The summed E-state index contributed by atoms with van der Waals surface area (Å²) in [6.45, 7) is 0. The highest BCUT2D eigenvalue weighted by atomic mass is 16.5. The number of fused-ring (bicyclic) bond motifs is 4. The van der Waals surface area contributed by atoms with Crippen molar-refractivity contribution in [1.29, 1.82) is 0 Å². The molecule has 4 aromatic heterocycles. The van der Waals surface area contributed by atoms with Gasteiger partial charge in [-0.15, -0.1) is 0 Å². The van der Waals surface area contributed by atoms with Gasteiger partial charge in [0.25, 0.3) is 0 Å². The molecule has 48 heavy (non-hydrogen) atoms. The summed E-state index contributed by atoms with van der Waals surface area (Å²) in [5, 5.41) is 1.29. The number of carbonyl (C=O) groups excluding carboxylic acids is 4. The van der Waals surface area contributed by atoms with Gasteiger partial charge in [0.1, 0.15) is 11.5 Å². The third-order valence-corrected chi connectivity index (χ3v) is 9.35. The van der Waals surface area contributed by atoms with Gasteiger partial charge in [0, 0.05) is 93.5 Å². The summed E-state index contributed by atoms with van der Waals surface area (Å²) in [4.78, 5) is 73.3. The summed E-state index contributed by atoms with van der Waals surface area (Å²) in [6, 6.07) is 9.96. The SMILES string of the molecule is O=C(/C=C/C(=O)Oc1ccc2[nH]cc(C(=O)C3CCc4[nH]cnc4C3)c2c1)Oc1ccc2[nH]cc(C(=O)C3CCc4[nH]cnc4C3)c2c1. The lowest BCUT2D eigenvalue weighted by Crippen LogP contribution is -2.22. The minimum atomic E-state index is -0.783. The Labute approximate surface area is 273 Å². The fourth-order valence-electron chi connectivity index (χ4n) is 6.85. The molecule has 0 spiro atoms. The number of nitrogens with one attached hydrogen (secondary N) is 4. The fourth-order valence-corrected chi connectivity index (χ4v) is 6.85. The zero-order chi connectivity index (χ0) is 32.8. The molecule has 2 atom stereocenters. The number of aromatic amines is 4. The third kappa shape index (κ3) is 5.51. The van der Waals surface area contributed by atoms with Crippen LogP contribution in [0.5, 0.6) is 11.5 Å². The molecule has 2 aromatic carbocycles. The first-order valence-electron chi connectivity index (χ1n) is 15.8. The number of H-pyrrole nitrogens is 4. The molecule has 240 valence electrons. The lowest BCUT2D eigenvalue weighted by Gasteiger charge is -2.19. The highest BCUT2D eigenvalue weighted by molar-refractivity contribution is 6.10. The van der Waals surface area contributed by atoms with E-state index in [0.717, 1.165) is 71.6 Å². The van der Waals surface area contributed by atoms with Crippen molar-refractivity contribution in [3.8, 4) is 11.5 Å². The minimum Gasteiger partial charge on any atom is -0.423 e. The monoisotopic (exact) mass is 642 g/mol. The Bertz CT molecular complexity index is 2110. The lowest BCUT2D eigenvalue weighted by molar-refractivity contribution is -0.131. The fraction of sp³-hybridized carbons (Fsp3) is 0.222. The molecule has 12 nitrogen and oxygen atoms in total. The van der Waals surface area contributed by atoms with Crippen molar-refractivity contribution in [2.24, 2.45) is 11.8 Å². The van der Waals surface area contributed by atoms with E-state index in [1.165, 1.54) is 0 Å². The number of esters is 2. The molecule has 2 aliphatic rings. The molecule has 8 rings (SSSR count). The number of hydrogen-bond donors (Lipinski definition) is 4. The first-order valence-corrected chi connectivity index (χ1v) is 15.8. The van der Waals surface area contributed by atoms with E-state index in [1.54, 1.807) is 61.4 Å². The van der Waals surface area contributed by atoms with Gasteiger partial charge in [-0.2, -0.15) is 0 Å². The van der Waals surface area contributed by atoms with Crippen molar-refractivity contribution in [2.75, 3.05) is 0 Å². The Balaban J connectivity index is 0.912. The lowest BCUT2D eigenvalue weighted by atomic mass is 9.84. The maximum absolute atomic E-state index is 13.4. The topological polar surface area (TPSA) is 176 Å². The Morgan fingerprint density at radius 2 is 1.10 bits per heavy atom. The molecule has 0 aliphatic heterocycles. The Morgan fingerprint density at radius 1 is 0.646 bits per heavy atom. The summed E-state index contributed by atoms with van der Waals surface area (Å²) >= 11 is 0. The van der Waals surface area contributed by atoms with Gasteiger partial charge in [0.15, 0.2) is 11.6 Å². The second-order valence-electron chi connectivity index (χ2n) is 12.3. The van der Waals surface area contributed by atoms with Gasteiger partial charge in [-0.3, -0.25) is 9.59 Å². The van der Waals surface area contributed by atoms with E-state index in [1.807, 2.05) is 0 Å². The summed E-state index contributed by atoms with van der Waals surface area (Å²) < 4.78 is 10.9. The number of Topliss-reactive ketones (excluding diaryl/α,β-unsaturated/α-hetero) is 2. The number of aromatic nitrogens is 6. The van der Waals surface area contributed by atoms with Gasteiger partial charge >= 0.3 is 11.9 Å². The number of carbonyl (C=O) groups is 4. The normalized spacial score (nSPS) is 17.3. The van der Waals surface area contributed by atoms with Crippen molar-refractivity contribution in [3.63, 3.8) is 0 Å². The molecule has 0 radical (unpaired) electrons. The van der Waals surface area contributed by atoms with E-state index in [9.17, 15) is 19.2 Å². The van der Waals surface area contributed by atoms with Gasteiger partial charge in [-0.05, 0) is 62.1 Å². The second kappa shape index (κ2) is 12.0. The molecule has 0 fully saturated rings. The van der Waals surface area contributed by atoms with Gasteiger partial charge in [-0.25, -0.2) is 19.6 Å². The molecular formula is C36H30N6O6. The summed E-state index contributed by atoms with van der Waals surface area (Å²) in [7, 11) is 0. The van der Waals surface area contributed by atoms with Gasteiger partial charge in [0.2, 0.25) is 0 Å². The number of imidazole rings is 2. The largest absolute Gasteiger partial charge is 0.423 e. The van der Waals surface area contributed by atoms with Crippen LogP contribution in [0.4, 0.5) is 0 Å². The van der Waals surface area contributed by atoms with Crippen LogP contribution >= 0.6 is 0 Å². The average molecular weight is 643 g/mol. The van der Waals surface area contributed by atoms with Crippen LogP contribution in [0.1, 0.15) is 56.3 Å².